The number of benzene rings is 1. The summed E-state index contributed by atoms with van der Waals surface area (Å²) in [6.07, 6.45) is 1.48. The number of carbonyl (C=O) groups is 1. The number of ketones is 1. The average molecular weight is 248 g/mol. The molecule has 0 aliphatic heterocycles. The van der Waals surface area contributed by atoms with Crippen LogP contribution < -0.4 is 4.74 Å². The lowest BCUT2D eigenvalue weighted by Crippen LogP contribution is -2.04. The summed E-state index contributed by atoms with van der Waals surface area (Å²) in [6.45, 7) is 1.43. The minimum atomic E-state index is -0.490. The van der Waals surface area contributed by atoms with Crippen LogP contribution in [-0.2, 0) is 7.05 Å². The number of aryl methyl sites for hydroxylation is 1. The van der Waals surface area contributed by atoms with Gasteiger partial charge in [0.1, 0.15) is 5.69 Å². The highest BCUT2D eigenvalue weighted by atomic mass is 19.1. The largest absolute Gasteiger partial charge is 0.494 e. The molecular formula is C13H13FN2O2. The van der Waals surface area contributed by atoms with Gasteiger partial charge in [0.2, 0.25) is 0 Å². The van der Waals surface area contributed by atoms with Crippen molar-refractivity contribution in [1.82, 2.24) is 9.78 Å². The predicted octanol–water partition coefficient (Wildman–Crippen LogP) is 2.44. The first-order valence-electron chi connectivity index (χ1n) is 5.42. The molecule has 0 aliphatic rings. The van der Waals surface area contributed by atoms with Crippen molar-refractivity contribution in [3.8, 4) is 16.9 Å². The standard InChI is InChI=1S/C13H13FN2O2/c1-8(17)13-10(7-15-16(13)2)9-5-4-6-11(18-3)12(9)14/h4-7H,1-3H3. The number of nitrogens with zero attached hydrogens (tertiary/aromatic N) is 2. The maximum atomic E-state index is 14.1. The van der Waals surface area contributed by atoms with Crippen LogP contribution in [0.2, 0.25) is 0 Å². The van der Waals surface area contributed by atoms with Gasteiger partial charge in [-0.25, -0.2) is 4.39 Å². The molecule has 0 bridgehead atoms. The monoisotopic (exact) mass is 248 g/mol. The van der Waals surface area contributed by atoms with Gasteiger partial charge in [0.05, 0.1) is 13.3 Å². The Balaban J connectivity index is 2.66. The number of halogens is 1. The highest BCUT2D eigenvalue weighted by Gasteiger charge is 2.19. The van der Waals surface area contributed by atoms with E-state index >= 15 is 0 Å². The van der Waals surface area contributed by atoms with E-state index in [4.69, 9.17) is 4.74 Å². The van der Waals surface area contributed by atoms with Crippen molar-refractivity contribution in [2.24, 2.45) is 7.05 Å². The Kier molecular flexibility index (Phi) is 3.14. The van der Waals surface area contributed by atoms with Gasteiger partial charge in [-0.15, -0.1) is 0 Å². The van der Waals surface area contributed by atoms with Crippen LogP contribution in [0.4, 0.5) is 4.39 Å². The van der Waals surface area contributed by atoms with Crippen molar-refractivity contribution in [1.29, 1.82) is 0 Å². The van der Waals surface area contributed by atoms with E-state index in [1.165, 1.54) is 31.0 Å². The summed E-state index contributed by atoms with van der Waals surface area (Å²) in [5.74, 6) is -0.506. The van der Waals surface area contributed by atoms with Crippen molar-refractivity contribution in [2.45, 2.75) is 6.92 Å². The molecule has 0 radical (unpaired) electrons. The van der Waals surface area contributed by atoms with Gasteiger partial charge in [0, 0.05) is 25.1 Å². The van der Waals surface area contributed by atoms with Crippen LogP contribution in [0.15, 0.2) is 24.4 Å². The fraction of sp³-hybridized carbons (Fsp3) is 0.231. The van der Waals surface area contributed by atoms with Gasteiger partial charge < -0.3 is 4.74 Å². The molecule has 0 saturated carbocycles. The first-order valence-corrected chi connectivity index (χ1v) is 5.42. The van der Waals surface area contributed by atoms with Crippen molar-refractivity contribution in [3.05, 3.63) is 35.9 Å². The van der Waals surface area contributed by atoms with Crippen LogP contribution in [0.25, 0.3) is 11.1 Å². The fourth-order valence-electron chi connectivity index (χ4n) is 1.93. The highest BCUT2D eigenvalue weighted by Crippen LogP contribution is 2.31. The summed E-state index contributed by atoms with van der Waals surface area (Å²) < 4.78 is 20.5. The Bertz CT molecular complexity index is 605. The molecule has 0 fully saturated rings. The quantitative estimate of drug-likeness (QED) is 0.783. The molecule has 18 heavy (non-hydrogen) atoms. The molecule has 2 rings (SSSR count). The average Bonchev–Trinajstić information content (AvgIpc) is 2.71. The van der Waals surface area contributed by atoms with Crippen LogP contribution in [0.1, 0.15) is 17.4 Å². The van der Waals surface area contributed by atoms with Gasteiger partial charge >= 0.3 is 0 Å². The van der Waals surface area contributed by atoms with Crippen LogP contribution in [0.5, 0.6) is 5.75 Å². The molecule has 0 amide bonds. The zero-order valence-corrected chi connectivity index (χ0v) is 10.4. The number of hydrogen-bond donors (Lipinski definition) is 0. The third-order valence-corrected chi connectivity index (χ3v) is 2.75. The van der Waals surface area contributed by atoms with E-state index in [1.807, 2.05) is 0 Å². The normalized spacial score (nSPS) is 10.4. The Morgan fingerprint density at radius 3 is 2.72 bits per heavy atom. The number of Topliss-reactive ketones (excluding diaryl/α,β-unsaturated/α-hetero) is 1. The second-order valence-electron chi connectivity index (χ2n) is 3.91. The van der Waals surface area contributed by atoms with Gasteiger partial charge in [-0.05, 0) is 6.07 Å². The summed E-state index contributed by atoms with van der Waals surface area (Å²) in [6, 6.07) is 4.80. The maximum absolute atomic E-state index is 14.1. The van der Waals surface area contributed by atoms with Gasteiger partial charge in [0.15, 0.2) is 17.3 Å². The van der Waals surface area contributed by atoms with Crippen LogP contribution in [0, 0.1) is 5.82 Å². The minimum absolute atomic E-state index is 0.144. The first-order chi connectivity index (χ1) is 8.56. The summed E-state index contributed by atoms with van der Waals surface area (Å²) in [7, 11) is 3.05. The van der Waals surface area contributed by atoms with Crippen molar-refractivity contribution in [2.75, 3.05) is 7.11 Å². The number of methoxy groups -OCH3 is 1. The molecule has 94 valence electrons. The van der Waals surface area contributed by atoms with E-state index in [2.05, 4.69) is 5.10 Å². The summed E-state index contributed by atoms with van der Waals surface area (Å²) >= 11 is 0. The molecule has 0 N–H and O–H groups in total. The lowest BCUT2D eigenvalue weighted by molar-refractivity contribution is 0.100. The molecule has 4 nitrogen and oxygen atoms in total. The Labute approximate surface area is 104 Å². The van der Waals surface area contributed by atoms with E-state index in [9.17, 15) is 9.18 Å². The first kappa shape index (κ1) is 12.3. The molecule has 1 heterocycles. The number of aromatic nitrogens is 2. The van der Waals surface area contributed by atoms with Gasteiger partial charge in [-0.1, -0.05) is 12.1 Å². The van der Waals surface area contributed by atoms with Crippen LogP contribution in [-0.4, -0.2) is 22.7 Å². The van der Waals surface area contributed by atoms with E-state index in [0.29, 0.717) is 16.8 Å². The van der Waals surface area contributed by atoms with Crippen LogP contribution in [0.3, 0.4) is 0 Å². The molecule has 0 atom stereocenters. The number of hydrogen-bond acceptors (Lipinski definition) is 3. The lowest BCUT2D eigenvalue weighted by Gasteiger charge is -2.07. The van der Waals surface area contributed by atoms with Crippen molar-refractivity contribution < 1.29 is 13.9 Å². The molecule has 1 aromatic heterocycles. The summed E-state index contributed by atoms with van der Waals surface area (Å²) in [4.78, 5) is 11.6. The van der Waals surface area contributed by atoms with E-state index in [0.717, 1.165) is 0 Å². The number of carbonyl (C=O) groups excluding carboxylic acids is 1. The third kappa shape index (κ3) is 1.88. The Morgan fingerprint density at radius 1 is 1.39 bits per heavy atom. The molecule has 0 spiro atoms. The Hall–Kier alpha value is -2.17. The number of ether oxygens (including phenoxy) is 1. The van der Waals surface area contributed by atoms with Gasteiger partial charge in [0.25, 0.3) is 0 Å². The molecule has 5 heteroatoms. The van der Waals surface area contributed by atoms with Gasteiger partial charge in [-0.2, -0.15) is 5.10 Å². The highest BCUT2D eigenvalue weighted by molar-refractivity contribution is 5.99. The smallest absolute Gasteiger partial charge is 0.178 e. The molecule has 1 aromatic carbocycles. The molecule has 0 aliphatic carbocycles. The second-order valence-corrected chi connectivity index (χ2v) is 3.91. The molecule has 2 aromatic rings. The minimum Gasteiger partial charge on any atom is -0.494 e. The topological polar surface area (TPSA) is 44.1 Å². The van der Waals surface area contributed by atoms with Gasteiger partial charge in [-0.3, -0.25) is 9.48 Å². The van der Waals surface area contributed by atoms with Crippen molar-refractivity contribution in [3.63, 3.8) is 0 Å². The Morgan fingerprint density at radius 2 is 2.11 bits per heavy atom. The summed E-state index contributed by atoms with van der Waals surface area (Å²) in [5.41, 5.74) is 1.16. The maximum Gasteiger partial charge on any atom is 0.178 e. The number of rotatable bonds is 3. The van der Waals surface area contributed by atoms with Crippen molar-refractivity contribution >= 4 is 5.78 Å². The summed E-state index contributed by atoms with van der Waals surface area (Å²) in [5, 5.41) is 4.00. The molecule has 0 unspecified atom stereocenters. The second kappa shape index (κ2) is 4.60. The van der Waals surface area contributed by atoms with E-state index in [-0.39, 0.29) is 11.5 Å². The fourth-order valence-corrected chi connectivity index (χ4v) is 1.93. The zero-order valence-electron chi connectivity index (χ0n) is 10.4. The SMILES string of the molecule is COc1cccc(-c2cnn(C)c2C(C)=O)c1F. The molecule has 0 saturated heterocycles. The molecular weight excluding hydrogens is 235 g/mol. The van der Waals surface area contributed by atoms with Crippen LogP contribution >= 0.6 is 0 Å². The lowest BCUT2D eigenvalue weighted by atomic mass is 10.0. The van der Waals surface area contributed by atoms with E-state index in [1.54, 1.807) is 19.2 Å². The van der Waals surface area contributed by atoms with E-state index < -0.39 is 5.82 Å². The predicted molar refractivity (Wildman–Crippen MR) is 65.2 cm³/mol. The zero-order chi connectivity index (χ0) is 13.3. The third-order valence-electron chi connectivity index (χ3n) is 2.75.